The van der Waals surface area contributed by atoms with E-state index in [1.54, 1.807) is 12.1 Å². The number of nitrogens with zero attached hydrogens (tertiary/aromatic N) is 1. The SMILES string of the molecule is O=C(O)C[C@H]1CC(=O)N(OCc2ccccc2)C1=O. The summed E-state index contributed by atoms with van der Waals surface area (Å²) in [5.41, 5.74) is 0.824. The van der Waals surface area contributed by atoms with Crippen LogP contribution in [-0.2, 0) is 25.8 Å². The van der Waals surface area contributed by atoms with E-state index in [2.05, 4.69) is 0 Å². The smallest absolute Gasteiger partial charge is 0.304 e. The molecule has 100 valence electrons. The number of hydrogen-bond acceptors (Lipinski definition) is 4. The summed E-state index contributed by atoms with van der Waals surface area (Å²) in [6, 6.07) is 9.09. The van der Waals surface area contributed by atoms with Gasteiger partial charge in [0.15, 0.2) is 0 Å². The van der Waals surface area contributed by atoms with Gasteiger partial charge in [0.2, 0.25) is 0 Å². The second-order valence-corrected chi connectivity index (χ2v) is 4.28. The summed E-state index contributed by atoms with van der Waals surface area (Å²) in [5, 5.41) is 9.33. The molecule has 19 heavy (non-hydrogen) atoms. The quantitative estimate of drug-likeness (QED) is 0.800. The van der Waals surface area contributed by atoms with Gasteiger partial charge in [-0.1, -0.05) is 30.3 Å². The van der Waals surface area contributed by atoms with Crippen LogP contribution in [-0.4, -0.2) is 28.0 Å². The molecule has 1 aliphatic heterocycles. The second kappa shape index (κ2) is 5.62. The van der Waals surface area contributed by atoms with Crippen LogP contribution in [0.3, 0.4) is 0 Å². The second-order valence-electron chi connectivity index (χ2n) is 4.28. The van der Waals surface area contributed by atoms with E-state index in [0.29, 0.717) is 5.06 Å². The van der Waals surface area contributed by atoms with Gasteiger partial charge in [0.05, 0.1) is 12.3 Å². The molecule has 2 rings (SSSR count). The van der Waals surface area contributed by atoms with Crippen LogP contribution < -0.4 is 0 Å². The molecule has 0 aliphatic carbocycles. The van der Waals surface area contributed by atoms with Crippen LogP contribution in [0.25, 0.3) is 0 Å². The predicted molar refractivity (Wildman–Crippen MR) is 63.4 cm³/mol. The van der Waals surface area contributed by atoms with Gasteiger partial charge in [-0.25, -0.2) is 0 Å². The van der Waals surface area contributed by atoms with E-state index in [1.165, 1.54) is 0 Å². The molecule has 0 saturated carbocycles. The van der Waals surface area contributed by atoms with Gasteiger partial charge in [-0.05, 0) is 5.56 Å². The Bertz CT molecular complexity index is 499. The number of amides is 2. The van der Waals surface area contributed by atoms with Crippen molar-refractivity contribution in [3.63, 3.8) is 0 Å². The van der Waals surface area contributed by atoms with Gasteiger partial charge in [0, 0.05) is 6.42 Å². The molecule has 1 atom stereocenters. The van der Waals surface area contributed by atoms with Crippen molar-refractivity contribution >= 4 is 17.8 Å². The van der Waals surface area contributed by atoms with E-state index in [4.69, 9.17) is 9.94 Å². The molecule has 1 N–H and O–H groups in total. The Labute approximate surface area is 109 Å². The van der Waals surface area contributed by atoms with Crippen molar-refractivity contribution in [3.8, 4) is 0 Å². The molecule has 1 fully saturated rings. The van der Waals surface area contributed by atoms with E-state index < -0.39 is 23.7 Å². The van der Waals surface area contributed by atoms with Crippen molar-refractivity contribution in [1.82, 2.24) is 5.06 Å². The van der Waals surface area contributed by atoms with Crippen LogP contribution in [0, 0.1) is 5.92 Å². The molecule has 1 aromatic rings. The highest BCUT2D eigenvalue weighted by Crippen LogP contribution is 2.23. The minimum Gasteiger partial charge on any atom is -0.481 e. The van der Waals surface area contributed by atoms with Gasteiger partial charge < -0.3 is 5.11 Å². The monoisotopic (exact) mass is 263 g/mol. The van der Waals surface area contributed by atoms with E-state index in [-0.39, 0.29) is 19.4 Å². The van der Waals surface area contributed by atoms with Crippen molar-refractivity contribution in [2.24, 2.45) is 5.92 Å². The van der Waals surface area contributed by atoms with Crippen LogP contribution in [0.5, 0.6) is 0 Å². The number of carbonyl (C=O) groups is 3. The zero-order chi connectivity index (χ0) is 13.8. The van der Waals surface area contributed by atoms with E-state index >= 15 is 0 Å². The molecule has 1 aromatic carbocycles. The first-order valence-electron chi connectivity index (χ1n) is 5.83. The van der Waals surface area contributed by atoms with Gasteiger partial charge >= 0.3 is 5.97 Å². The van der Waals surface area contributed by atoms with Crippen LogP contribution in [0.15, 0.2) is 30.3 Å². The lowest BCUT2D eigenvalue weighted by atomic mass is 10.0. The highest BCUT2D eigenvalue weighted by Gasteiger charge is 2.40. The van der Waals surface area contributed by atoms with Crippen LogP contribution in [0.2, 0.25) is 0 Å². The van der Waals surface area contributed by atoms with Gasteiger partial charge in [-0.3, -0.25) is 19.2 Å². The summed E-state index contributed by atoms with van der Waals surface area (Å²) in [7, 11) is 0. The molecule has 0 spiro atoms. The van der Waals surface area contributed by atoms with Crippen LogP contribution in [0.4, 0.5) is 0 Å². The Kier molecular flexibility index (Phi) is 3.91. The third kappa shape index (κ3) is 3.17. The first kappa shape index (κ1) is 13.2. The molecule has 1 aliphatic rings. The average Bonchev–Trinajstić information content (AvgIpc) is 2.63. The standard InChI is InChI=1S/C13H13NO5/c15-11-6-10(7-12(16)17)13(18)14(11)19-8-9-4-2-1-3-5-9/h1-5,10H,6-8H2,(H,16,17)/t10-/m1/s1. The predicted octanol–water partition coefficient (Wildman–Crippen LogP) is 0.968. The summed E-state index contributed by atoms with van der Waals surface area (Å²) in [6.45, 7) is 0.0953. The molecule has 6 nitrogen and oxygen atoms in total. The molecule has 0 aromatic heterocycles. The van der Waals surface area contributed by atoms with Crippen molar-refractivity contribution < 1.29 is 24.3 Å². The fourth-order valence-corrected chi connectivity index (χ4v) is 1.89. The van der Waals surface area contributed by atoms with Gasteiger partial charge in [-0.2, -0.15) is 5.06 Å². The van der Waals surface area contributed by atoms with E-state index in [9.17, 15) is 14.4 Å². The summed E-state index contributed by atoms with van der Waals surface area (Å²) in [4.78, 5) is 39.1. The summed E-state index contributed by atoms with van der Waals surface area (Å²) >= 11 is 0. The molecule has 0 radical (unpaired) electrons. The van der Waals surface area contributed by atoms with Gasteiger partial charge in [0.1, 0.15) is 6.61 Å². The maximum absolute atomic E-state index is 11.8. The summed E-state index contributed by atoms with van der Waals surface area (Å²) in [5.74, 6) is -2.99. The first-order chi connectivity index (χ1) is 9.08. The van der Waals surface area contributed by atoms with E-state index in [1.807, 2.05) is 18.2 Å². The zero-order valence-corrected chi connectivity index (χ0v) is 10.1. The zero-order valence-electron chi connectivity index (χ0n) is 10.1. The Morgan fingerprint density at radius 1 is 1.32 bits per heavy atom. The molecule has 1 heterocycles. The largest absolute Gasteiger partial charge is 0.481 e. The number of carbonyl (C=O) groups excluding carboxylic acids is 2. The number of aliphatic carboxylic acids is 1. The maximum Gasteiger partial charge on any atom is 0.304 e. The number of carboxylic acids is 1. The molecule has 0 bridgehead atoms. The normalized spacial score (nSPS) is 18.9. The maximum atomic E-state index is 11.8. The molecular formula is C13H13NO5. The van der Waals surface area contributed by atoms with Crippen molar-refractivity contribution in [1.29, 1.82) is 0 Å². The third-order valence-electron chi connectivity index (χ3n) is 2.82. The minimum atomic E-state index is -1.10. The number of imide groups is 1. The van der Waals surface area contributed by atoms with Crippen molar-refractivity contribution in [2.45, 2.75) is 19.4 Å². The third-order valence-corrected chi connectivity index (χ3v) is 2.82. The van der Waals surface area contributed by atoms with Crippen LogP contribution in [0.1, 0.15) is 18.4 Å². The average molecular weight is 263 g/mol. The molecule has 2 amide bonds. The molecule has 6 heteroatoms. The first-order valence-corrected chi connectivity index (χ1v) is 5.83. The number of benzene rings is 1. The number of rotatable bonds is 5. The summed E-state index contributed by atoms with van der Waals surface area (Å²) < 4.78 is 0. The number of hydroxylamine groups is 2. The molecular weight excluding hydrogens is 250 g/mol. The van der Waals surface area contributed by atoms with Gasteiger partial charge in [-0.15, -0.1) is 0 Å². The Morgan fingerprint density at radius 2 is 2.00 bits per heavy atom. The molecule has 0 unspecified atom stereocenters. The Hall–Kier alpha value is -2.21. The fourth-order valence-electron chi connectivity index (χ4n) is 1.89. The van der Waals surface area contributed by atoms with E-state index in [0.717, 1.165) is 5.56 Å². The Morgan fingerprint density at radius 3 is 2.63 bits per heavy atom. The minimum absolute atomic E-state index is 0.0953. The lowest BCUT2D eigenvalue weighted by molar-refractivity contribution is -0.192. The van der Waals surface area contributed by atoms with Crippen LogP contribution >= 0.6 is 0 Å². The van der Waals surface area contributed by atoms with Crippen molar-refractivity contribution in [3.05, 3.63) is 35.9 Å². The highest BCUT2D eigenvalue weighted by molar-refractivity contribution is 6.03. The van der Waals surface area contributed by atoms with Crippen molar-refractivity contribution in [2.75, 3.05) is 0 Å². The molecule has 1 saturated heterocycles. The lowest BCUT2D eigenvalue weighted by Gasteiger charge is -2.14. The summed E-state index contributed by atoms with van der Waals surface area (Å²) in [6.07, 6.45) is -0.463. The Balaban J connectivity index is 1.95. The number of hydrogen-bond donors (Lipinski definition) is 1. The van der Waals surface area contributed by atoms with Gasteiger partial charge in [0.25, 0.3) is 11.8 Å². The topological polar surface area (TPSA) is 83.9 Å². The highest BCUT2D eigenvalue weighted by atomic mass is 16.7. The number of carboxylic acid groups (broad SMARTS) is 1. The fraction of sp³-hybridized carbons (Fsp3) is 0.308. The lowest BCUT2D eigenvalue weighted by Crippen LogP contribution is -2.31.